The SMILES string of the molecule is [CH2]COC(=O)OCCCCCCC/C=C\CCCCCCCCCC1=C(C)C(=O)C(OC)=C(OC)C1=O. The fourth-order valence-corrected chi connectivity index (χ4v) is 4.35. The highest BCUT2D eigenvalue weighted by atomic mass is 16.7. The van der Waals surface area contributed by atoms with Crippen LogP contribution in [0, 0.1) is 6.92 Å². The standard InChI is InChI=1S/C30H47O7/c1-5-36-30(33)37-23-21-19-17-15-13-11-9-7-6-8-10-12-14-16-18-20-22-25-24(2)26(31)28(34-3)29(35-4)27(25)32/h7,9H,1,5-6,8,10-23H2,2-4H3/b9-7-. The Balaban J connectivity index is 1.97. The van der Waals surface area contributed by atoms with Crippen molar-refractivity contribution in [2.75, 3.05) is 27.4 Å². The molecule has 0 bridgehead atoms. The number of ether oxygens (including phenoxy) is 4. The zero-order chi connectivity index (χ0) is 27.3. The second-order valence-electron chi connectivity index (χ2n) is 9.32. The molecule has 0 saturated carbocycles. The second kappa shape index (κ2) is 20.5. The van der Waals surface area contributed by atoms with Crippen molar-refractivity contribution in [3.8, 4) is 0 Å². The third kappa shape index (κ3) is 13.0. The average molecular weight is 520 g/mol. The first-order valence-electron chi connectivity index (χ1n) is 13.8. The topological polar surface area (TPSA) is 88.1 Å². The van der Waals surface area contributed by atoms with Crippen LogP contribution < -0.4 is 0 Å². The van der Waals surface area contributed by atoms with E-state index in [9.17, 15) is 14.4 Å². The molecule has 0 spiro atoms. The number of carbonyl (C=O) groups excluding carboxylic acids is 3. The molecule has 0 aromatic rings. The summed E-state index contributed by atoms with van der Waals surface area (Å²) in [6.07, 6.45) is 20.4. The van der Waals surface area contributed by atoms with Gasteiger partial charge in [0.1, 0.15) is 0 Å². The van der Waals surface area contributed by atoms with Crippen molar-refractivity contribution in [3.63, 3.8) is 0 Å². The van der Waals surface area contributed by atoms with E-state index in [0.717, 1.165) is 51.4 Å². The van der Waals surface area contributed by atoms with Gasteiger partial charge in [0.25, 0.3) is 0 Å². The number of unbranched alkanes of at least 4 members (excludes halogenated alkanes) is 12. The molecule has 0 fully saturated rings. The highest BCUT2D eigenvalue weighted by molar-refractivity contribution is 6.23. The van der Waals surface area contributed by atoms with Crippen molar-refractivity contribution in [1.29, 1.82) is 0 Å². The highest BCUT2D eigenvalue weighted by Crippen LogP contribution is 2.28. The van der Waals surface area contributed by atoms with Crippen LogP contribution in [0.2, 0.25) is 0 Å². The minimum atomic E-state index is -0.627. The molecule has 0 atom stereocenters. The molecule has 1 aliphatic carbocycles. The first-order valence-corrected chi connectivity index (χ1v) is 13.8. The number of Topliss-reactive ketones (excluding diaryl/α,β-unsaturated/α-hetero) is 2. The van der Waals surface area contributed by atoms with Crippen LogP contribution in [0.1, 0.15) is 103 Å². The maximum Gasteiger partial charge on any atom is 0.508 e. The lowest BCUT2D eigenvalue weighted by molar-refractivity contribution is -0.121. The van der Waals surface area contributed by atoms with Crippen molar-refractivity contribution in [2.45, 2.75) is 103 Å². The second-order valence-corrected chi connectivity index (χ2v) is 9.32. The Morgan fingerprint density at radius 3 is 1.73 bits per heavy atom. The van der Waals surface area contributed by atoms with Gasteiger partial charge in [0.2, 0.25) is 23.1 Å². The van der Waals surface area contributed by atoms with Gasteiger partial charge in [-0.1, -0.05) is 63.5 Å². The number of hydrogen-bond acceptors (Lipinski definition) is 7. The van der Waals surface area contributed by atoms with Crippen molar-refractivity contribution in [3.05, 3.63) is 41.7 Å². The molecule has 0 heterocycles. The lowest BCUT2D eigenvalue weighted by Gasteiger charge is -2.20. The monoisotopic (exact) mass is 519 g/mol. The van der Waals surface area contributed by atoms with E-state index in [4.69, 9.17) is 14.2 Å². The van der Waals surface area contributed by atoms with Gasteiger partial charge in [0, 0.05) is 11.1 Å². The number of allylic oxidation sites excluding steroid dienone is 4. The molecule has 1 rings (SSSR count). The number of hydrogen-bond donors (Lipinski definition) is 0. The van der Waals surface area contributed by atoms with E-state index in [2.05, 4.69) is 23.8 Å². The van der Waals surface area contributed by atoms with Crippen LogP contribution in [-0.2, 0) is 28.5 Å². The van der Waals surface area contributed by atoms with Crippen LogP contribution >= 0.6 is 0 Å². The van der Waals surface area contributed by atoms with Gasteiger partial charge < -0.3 is 18.9 Å². The Morgan fingerprint density at radius 2 is 1.19 bits per heavy atom. The van der Waals surface area contributed by atoms with Crippen LogP contribution in [0.25, 0.3) is 0 Å². The molecule has 1 radical (unpaired) electrons. The molecule has 1 aliphatic rings. The number of methoxy groups -OCH3 is 2. The molecule has 0 N–H and O–H groups in total. The van der Waals surface area contributed by atoms with Gasteiger partial charge in [-0.25, -0.2) is 4.79 Å². The summed E-state index contributed by atoms with van der Waals surface area (Å²) in [5, 5.41) is 0. The van der Waals surface area contributed by atoms with Gasteiger partial charge in [0.05, 0.1) is 27.4 Å². The molecular weight excluding hydrogens is 472 g/mol. The van der Waals surface area contributed by atoms with Crippen LogP contribution in [-0.4, -0.2) is 45.2 Å². The average Bonchev–Trinajstić information content (AvgIpc) is 2.89. The Kier molecular flexibility index (Phi) is 18.0. The smallest absolute Gasteiger partial charge is 0.489 e. The molecule has 37 heavy (non-hydrogen) atoms. The molecule has 7 heteroatoms. The quantitative estimate of drug-likeness (QED) is 0.0677. The summed E-state index contributed by atoms with van der Waals surface area (Å²) in [7, 11) is 2.78. The van der Waals surface area contributed by atoms with E-state index < -0.39 is 6.16 Å². The molecular formula is C30H47O7. The summed E-state index contributed by atoms with van der Waals surface area (Å²) in [5.41, 5.74) is 1.04. The van der Waals surface area contributed by atoms with Gasteiger partial charge in [-0.2, -0.15) is 0 Å². The summed E-state index contributed by atoms with van der Waals surface area (Å²) in [4.78, 5) is 36.1. The fourth-order valence-electron chi connectivity index (χ4n) is 4.35. The summed E-state index contributed by atoms with van der Waals surface area (Å²) < 4.78 is 19.7. The predicted molar refractivity (Wildman–Crippen MR) is 145 cm³/mol. The van der Waals surface area contributed by atoms with Crippen molar-refractivity contribution in [1.82, 2.24) is 0 Å². The van der Waals surface area contributed by atoms with Gasteiger partial charge in [-0.05, 0) is 58.8 Å². The minimum Gasteiger partial charge on any atom is -0.489 e. The van der Waals surface area contributed by atoms with E-state index in [-0.39, 0.29) is 29.7 Å². The van der Waals surface area contributed by atoms with Crippen molar-refractivity contribution in [2.24, 2.45) is 0 Å². The number of carbonyl (C=O) groups is 3. The lowest BCUT2D eigenvalue weighted by atomic mass is 9.89. The first kappa shape index (κ1) is 32.5. The predicted octanol–water partition coefficient (Wildman–Crippen LogP) is 7.35. The Labute approximate surface area is 223 Å². The molecule has 0 aromatic carbocycles. The normalized spacial score (nSPS) is 14.1. The maximum atomic E-state index is 12.6. The first-order chi connectivity index (χ1) is 18.0. The number of rotatable bonds is 21. The van der Waals surface area contributed by atoms with E-state index in [1.807, 2.05) is 0 Å². The van der Waals surface area contributed by atoms with Gasteiger partial charge >= 0.3 is 6.16 Å². The summed E-state index contributed by atoms with van der Waals surface area (Å²) in [5.74, 6) is -0.443. The highest BCUT2D eigenvalue weighted by Gasteiger charge is 2.34. The van der Waals surface area contributed by atoms with E-state index in [1.54, 1.807) is 6.92 Å². The zero-order valence-corrected chi connectivity index (χ0v) is 23.2. The van der Waals surface area contributed by atoms with Crippen LogP contribution in [0.15, 0.2) is 34.8 Å². The van der Waals surface area contributed by atoms with Crippen LogP contribution in [0.4, 0.5) is 4.79 Å². The molecule has 0 aliphatic heterocycles. The fraction of sp³-hybridized carbons (Fsp3) is 0.667. The minimum absolute atomic E-state index is 0.00819. The van der Waals surface area contributed by atoms with Crippen molar-refractivity contribution < 1.29 is 33.3 Å². The Bertz CT molecular complexity index is 792. The zero-order valence-electron chi connectivity index (χ0n) is 23.2. The molecule has 7 nitrogen and oxygen atoms in total. The summed E-state index contributed by atoms with van der Waals surface area (Å²) in [6, 6.07) is 0. The van der Waals surface area contributed by atoms with Gasteiger partial charge in [-0.3, -0.25) is 9.59 Å². The van der Waals surface area contributed by atoms with E-state index >= 15 is 0 Å². The lowest BCUT2D eigenvalue weighted by Crippen LogP contribution is -2.25. The molecule has 209 valence electrons. The van der Waals surface area contributed by atoms with Gasteiger partial charge in [0.15, 0.2) is 0 Å². The van der Waals surface area contributed by atoms with Gasteiger partial charge in [-0.15, -0.1) is 0 Å². The largest absolute Gasteiger partial charge is 0.508 e. The Hall–Kier alpha value is -2.57. The van der Waals surface area contributed by atoms with E-state index in [1.165, 1.54) is 52.7 Å². The van der Waals surface area contributed by atoms with Crippen LogP contribution in [0.3, 0.4) is 0 Å². The van der Waals surface area contributed by atoms with E-state index in [0.29, 0.717) is 24.2 Å². The molecule has 0 amide bonds. The Morgan fingerprint density at radius 1 is 0.703 bits per heavy atom. The third-order valence-corrected chi connectivity index (χ3v) is 6.51. The summed E-state index contributed by atoms with van der Waals surface area (Å²) in [6.45, 7) is 5.65. The van der Waals surface area contributed by atoms with Crippen LogP contribution in [0.5, 0.6) is 0 Å². The molecule has 0 aromatic heterocycles. The third-order valence-electron chi connectivity index (χ3n) is 6.51. The molecule has 0 unspecified atom stereocenters. The molecule has 0 saturated heterocycles. The maximum absolute atomic E-state index is 12.6. The van der Waals surface area contributed by atoms with Crippen molar-refractivity contribution >= 4 is 17.7 Å². The summed E-state index contributed by atoms with van der Waals surface area (Å²) >= 11 is 0. The number of ketones is 2.